The number of hydrogen-bond donors (Lipinski definition) is 1. The fourth-order valence-corrected chi connectivity index (χ4v) is 2.91. The summed E-state index contributed by atoms with van der Waals surface area (Å²) in [6.45, 7) is 2.72. The molecular weight excluding hydrogens is 272 g/mol. The minimum atomic E-state index is -1.02. The van der Waals surface area contributed by atoms with Gasteiger partial charge >= 0.3 is 5.97 Å². The summed E-state index contributed by atoms with van der Waals surface area (Å²) in [5.41, 5.74) is 1.29. The Kier molecular flexibility index (Phi) is 3.53. The number of aromatic carboxylic acids is 1. The second-order valence-electron chi connectivity index (χ2n) is 5.24. The molecule has 2 saturated heterocycles. The lowest BCUT2D eigenvalue weighted by atomic mass is 10.0. The Morgan fingerprint density at radius 1 is 1.29 bits per heavy atom. The highest BCUT2D eigenvalue weighted by molar-refractivity contribution is 5.89. The maximum absolute atomic E-state index is 11.0. The normalized spacial score (nSPS) is 20.4. The van der Waals surface area contributed by atoms with E-state index in [4.69, 9.17) is 14.6 Å². The van der Waals surface area contributed by atoms with Crippen LogP contribution in [0.25, 0.3) is 0 Å². The molecule has 0 saturated carbocycles. The first-order valence-electron chi connectivity index (χ1n) is 6.94. The molecule has 1 N–H and O–H groups in total. The van der Waals surface area contributed by atoms with Gasteiger partial charge in [-0.25, -0.2) is 4.79 Å². The van der Waals surface area contributed by atoms with E-state index in [1.807, 2.05) is 0 Å². The van der Waals surface area contributed by atoms with Crippen LogP contribution in [0.2, 0.25) is 0 Å². The molecular formula is C15H16N2O4. The first-order valence-corrected chi connectivity index (χ1v) is 6.94. The molecule has 0 radical (unpaired) electrons. The number of piperidine rings is 1. The van der Waals surface area contributed by atoms with Crippen LogP contribution in [-0.2, 0) is 9.47 Å². The molecule has 2 fully saturated rings. The van der Waals surface area contributed by atoms with E-state index >= 15 is 0 Å². The van der Waals surface area contributed by atoms with Gasteiger partial charge in [-0.1, -0.05) is 0 Å². The molecule has 2 aliphatic heterocycles. The van der Waals surface area contributed by atoms with Gasteiger partial charge in [-0.15, -0.1) is 0 Å². The predicted molar refractivity (Wildman–Crippen MR) is 74.2 cm³/mol. The maximum Gasteiger partial charge on any atom is 0.335 e. The number of carboxylic acids is 1. The monoisotopic (exact) mass is 288 g/mol. The number of carbonyl (C=O) groups is 1. The molecule has 0 aliphatic carbocycles. The Morgan fingerprint density at radius 3 is 2.52 bits per heavy atom. The van der Waals surface area contributed by atoms with Gasteiger partial charge in [-0.05, 0) is 18.2 Å². The number of hydrogen-bond acceptors (Lipinski definition) is 5. The molecule has 0 atom stereocenters. The van der Waals surface area contributed by atoms with Crippen LogP contribution in [0.5, 0.6) is 0 Å². The molecule has 0 unspecified atom stereocenters. The first kappa shape index (κ1) is 13.9. The zero-order valence-corrected chi connectivity index (χ0v) is 11.5. The number of nitrogens with zero attached hydrogens (tertiary/aromatic N) is 2. The topological polar surface area (TPSA) is 82.8 Å². The second-order valence-corrected chi connectivity index (χ2v) is 5.24. The smallest absolute Gasteiger partial charge is 0.335 e. The van der Waals surface area contributed by atoms with Gasteiger partial charge in [0.1, 0.15) is 6.07 Å². The average Bonchev–Trinajstić information content (AvgIpc) is 2.95. The third-order valence-electron chi connectivity index (χ3n) is 4.04. The van der Waals surface area contributed by atoms with E-state index in [0.29, 0.717) is 18.8 Å². The number of carboxylic acid groups (broad SMARTS) is 1. The Morgan fingerprint density at radius 2 is 1.95 bits per heavy atom. The van der Waals surface area contributed by atoms with Crippen molar-refractivity contribution >= 4 is 11.7 Å². The van der Waals surface area contributed by atoms with Crippen LogP contribution in [0.15, 0.2) is 18.2 Å². The Hall–Kier alpha value is -2.10. The fraction of sp³-hybridized carbons (Fsp3) is 0.467. The summed E-state index contributed by atoms with van der Waals surface area (Å²) in [4.78, 5) is 13.1. The van der Waals surface area contributed by atoms with Crippen molar-refractivity contribution in [1.82, 2.24) is 0 Å². The summed E-state index contributed by atoms with van der Waals surface area (Å²) in [6.07, 6.45) is 1.50. The molecule has 0 amide bonds. The van der Waals surface area contributed by atoms with E-state index in [0.717, 1.165) is 31.6 Å². The lowest BCUT2D eigenvalue weighted by molar-refractivity contribution is -0.169. The van der Waals surface area contributed by atoms with Crippen LogP contribution in [0.4, 0.5) is 5.69 Å². The molecule has 21 heavy (non-hydrogen) atoms. The van der Waals surface area contributed by atoms with Crippen LogP contribution in [-0.4, -0.2) is 43.2 Å². The van der Waals surface area contributed by atoms with Crippen LogP contribution >= 0.6 is 0 Å². The van der Waals surface area contributed by atoms with E-state index in [-0.39, 0.29) is 5.56 Å². The Bertz CT molecular complexity index is 592. The zero-order valence-electron chi connectivity index (χ0n) is 11.5. The van der Waals surface area contributed by atoms with Crippen LogP contribution in [0.3, 0.4) is 0 Å². The SMILES string of the molecule is N#Cc1cc(C(=O)O)ccc1N1CCC2(CC1)OCCO2. The molecule has 6 nitrogen and oxygen atoms in total. The van der Waals surface area contributed by atoms with Crippen molar-refractivity contribution in [2.45, 2.75) is 18.6 Å². The zero-order chi connectivity index (χ0) is 14.9. The van der Waals surface area contributed by atoms with Crippen molar-refractivity contribution in [2.24, 2.45) is 0 Å². The number of benzene rings is 1. The van der Waals surface area contributed by atoms with Crippen molar-refractivity contribution in [3.8, 4) is 6.07 Å². The standard InChI is InChI=1S/C15H16N2O4/c16-10-12-9-11(14(18)19)1-2-13(12)17-5-3-15(4-6-17)20-7-8-21-15/h1-2,9H,3-8H2,(H,18,19). The van der Waals surface area contributed by atoms with Gasteiger partial charge < -0.3 is 19.5 Å². The highest BCUT2D eigenvalue weighted by atomic mass is 16.7. The number of anilines is 1. The quantitative estimate of drug-likeness (QED) is 0.890. The summed E-state index contributed by atoms with van der Waals surface area (Å²) >= 11 is 0. The third kappa shape index (κ3) is 2.58. The Labute approximate surface area is 122 Å². The largest absolute Gasteiger partial charge is 0.478 e. The summed E-state index contributed by atoms with van der Waals surface area (Å²) in [6, 6.07) is 6.74. The molecule has 0 bridgehead atoms. The predicted octanol–water partition coefficient (Wildman–Crippen LogP) is 1.60. The van der Waals surface area contributed by atoms with Gasteiger partial charge in [0.2, 0.25) is 0 Å². The summed E-state index contributed by atoms with van der Waals surface area (Å²) in [5, 5.41) is 18.2. The van der Waals surface area contributed by atoms with E-state index in [1.165, 1.54) is 12.1 Å². The minimum Gasteiger partial charge on any atom is -0.478 e. The number of rotatable bonds is 2. The van der Waals surface area contributed by atoms with Crippen molar-refractivity contribution in [1.29, 1.82) is 5.26 Å². The van der Waals surface area contributed by atoms with Crippen molar-refractivity contribution in [2.75, 3.05) is 31.2 Å². The molecule has 3 rings (SSSR count). The van der Waals surface area contributed by atoms with Crippen molar-refractivity contribution in [3.05, 3.63) is 29.3 Å². The second kappa shape index (κ2) is 5.35. The van der Waals surface area contributed by atoms with E-state index in [9.17, 15) is 10.1 Å². The Balaban J connectivity index is 1.79. The highest BCUT2D eigenvalue weighted by Gasteiger charge is 2.40. The lowest BCUT2D eigenvalue weighted by Gasteiger charge is -2.39. The van der Waals surface area contributed by atoms with E-state index in [1.54, 1.807) is 6.07 Å². The summed E-state index contributed by atoms with van der Waals surface area (Å²) in [7, 11) is 0. The van der Waals surface area contributed by atoms with Crippen LogP contribution in [0.1, 0.15) is 28.8 Å². The lowest BCUT2D eigenvalue weighted by Crippen LogP contribution is -2.45. The maximum atomic E-state index is 11.0. The van der Waals surface area contributed by atoms with Gasteiger partial charge in [0.25, 0.3) is 0 Å². The molecule has 6 heteroatoms. The summed E-state index contributed by atoms with van der Waals surface area (Å²) < 4.78 is 11.4. The van der Waals surface area contributed by atoms with Gasteiger partial charge in [0.15, 0.2) is 5.79 Å². The number of ether oxygens (including phenoxy) is 2. The average molecular weight is 288 g/mol. The van der Waals surface area contributed by atoms with E-state index in [2.05, 4.69) is 11.0 Å². The first-order chi connectivity index (χ1) is 10.1. The fourth-order valence-electron chi connectivity index (χ4n) is 2.91. The molecule has 110 valence electrons. The molecule has 2 heterocycles. The van der Waals surface area contributed by atoms with Gasteiger partial charge in [0, 0.05) is 25.9 Å². The van der Waals surface area contributed by atoms with Gasteiger partial charge in [-0.2, -0.15) is 5.26 Å². The molecule has 1 spiro atoms. The molecule has 1 aromatic carbocycles. The van der Waals surface area contributed by atoms with E-state index < -0.39 is 11.8 Å². The highest BCUT2D eigenvalue weighted by Crippen LogP contribution is 2.34. The van der Waals surface area contributed by atoms with Crippen molar-refractivity contribution in [3.63, 3.8) is 0 Å². The molecule has 1 aromatic rings. The van der Waals surface area contributed by atoms with Crippen LogP contribution < -0.4 is 4.90 Å². The third-order valence-corrected chi connectivity index (χ3v) is 4.04. The number of nitriles is 1. The van der Waals surface area contributed by atoms with Crippen LogP contribution in [0, 0.1) is 11.3 Å². The van der Waals surface area contributed by atoms with Crippen molar-refractivity contribution < 1.29 is 19.4 Å². The van der Waals surface area contributed by atoms with Gasteiger partial charge in [0.05, 0.1) is 30.0 Å². The van der Waals surface area contributed by atoms with Gasteiger partial charge in [-0.3, -0.25) is 0 Å². The molecule has 2 aliphatic rings. The molecule has 0 aromatic heterocycles. The summed E-state index contributed by atoms with van der Waals surface area (Å²) in [5.74, 6) is -1.48. The minimum absolute atomic E-state index is 0.131.